The molecule has 1 fully saturated rings. The van der Waals surface area contributed by atoms with Gasteiger partial charge < -0.3 is 5.11 Å². The van der Waals surface area contributed by atoms with Gasteiger partial charge in [-0.25, -0.2) is 13.2 Å². The zero-order valence-corrected chi connectivity index (χ0v) is 14.9. The van der Waals surface area contributed by atoms with E-state index < -0.39 is 17.5 Å². The van der Waals surface area contributed by atoms with Gasteiger partial charge in [0.25, 0.3) is 0 Å². The monoisotopic (exact) mass is 362 g/mol. The van der Waals surface area contributed by atoms with Crippen molar-refractivity contribution in [2.75, 3.05) is 0 Å². The van der Waals surface area contributed by atoms with Crippen LogP contribution in [-0.4, -0.2) is 5.11 Å². The third-order valence-electron chi connectivity index (χ3n) is 4.51. The van der Waals surface area contributed by atoms with Crippen molar-refractivity contribution in [3.63, 3.8) is 0 Å². The fourth-order valence-electron chi connectivity index (χ4n) is 2.80. The molecule has 0 amide bonds. The van der Waals surface area contributed by atoms with Gasteiger partial charge in [-0.3, -0.25) is 0 Å². The predicted molar refractivity (Wildman–Crippen MR) is 97.4 cm³/mol. The molecule has 0 aromatic heterocycles. The molecule has 3 rings (SSSR count). The van der Waals surface area contributed by atoms with E-state index in [0.717, 1.165) is 24.8 Å². The molecule has 0 spiro atoms. The molecule has 2 aromatic rings. The summed E-state index contributed by atoms with van der Waals surface area (Å²) in [7, 11) is 2.41. The third kappa shape index (κ3) is 3.50. The van der Waals surface area contributed by atoms with Crippen LogP contribution in [0.5, 0.6) is 0 Å². The van der Waals surface area contributed by atoms with Crippen LogP contribution >= 0.6 is 9.24 Å². The highest BCUT2D eigenvalue weighted by atomic mass is 31.0. The van der Waals surface area contributed by atoms with Gasteiger partial charge in [0.15, 0.2) is 0 Å². The van der Waals surface area contributed by atoms with Crippen molar-refractivity contribution in [1.29, 1.82) is 0 Å². The largest absolute Gasteiger partial charge is 0.508 e. The van der Waals surface area contributed by atoms with Crippen molar-refractivity contribution in [1.82, 2.24) is 0 Å². The summed E-state index contributed by atoms with van der Waals surface area (Å²) in [4.78, 5) is 0. The molecule has 5 heteroatoms. The molecule has 1 nitrogen and oxygen atoms in total. The zero-order chi connectivity index (χ0) is 18.1. The van der Waals surface area contributed by atoms with E-state index in [1.165, 1.54) is 43.3 Å². The van der Waals surface area contributed by atoms with E-state index in [9.17, 15) is 18.3 Å². The molecule has 1 saturated carbocycles. The normalized spacial score (nSPS) is 14.4. The molecule has 0 aliphatic heterocycles. The number of benzene rings is 2. The minimum atomic E-state index is -0.689. The lowest BCUT2D eigenvalue weighted by atomic mass is 9.89. The molecule has 1 aliphatic carbocycles. The fraction of sp³-hybridized carbons (Fsp3) is 0.200. The smallest absolute Gasteiger partial charge is 0.136 e. The third-order valence-corrected chi connectivity index (χ3v) is 4.99. The van der Waals surface area contributed by atoms with E-state index in [1.807, 2.05) is 0 Å². The van der Waals surface area contributed by atoms with Gasteiger partial charge in [0.1, 0.15) is 23.2 Å². The highest BCUT2D eigenvalue weighted by Gasteiger charge is 2.19. The van der Waals surface area contributed by atoms with E-state index in [2.05, 4.69) is 9.24 Å². The van der Waals surface area contributed by atoms with E-state index in [-0.39, 0.29) is 16.9 Å². The molecule has 0 heterocycles. The first-order valence-corrected chi connectivity index (χ1v) is 8.59. The van der Waals surface area contributed by atoms with Crippen LogP contribution in [0.15, 0.2) is 47.7 Å². The molecule has 25 heavy (non-hydrogen) atoms. The highest BCUT2D eigenvalue weighted by Crippen LogP contribution is 2.33. The van der Waals surface area contributed by atoms with Crippen molar-refractivity contribution in [2.45, 2.75) is 26.2 Å². The SMILES string of the molecule is Cc1c(F)ccc(/C(=C\C(O)=C2CCC2)c2ccc(F)cc2P)c1F. The first-order valence-electron chi connectivity index (χ1n) is 8.01. The minimum Gasteiger partial charge on any atom is -0.508 e. The van der Waals surface area contributed by atoms with Crippen LogP contribution in [0, 0.1) is 24.4 Å². The van der Waals surface area contributed by atoms with Gasteiger partial charge in [-0.05, 0) is 78.5 Å². The number of aliphatic hydroxyl groups is 1. The van der Waals surface area contributed by atoms with E-state index in [1.54, 1.807) is 0 Å². The Hall–Kier alpha value is -2.06. The second-order valence-electron chi connectivity index (χ2n) is 6.17. The Kier molecular flexibility index (Phi) is 5.01. The summed E-state index contributed by atoms with van der Waals surface area (Å²) >= 11 is 0. The average molecular weight is 362 g/mol. The second-order valence-corrected chi connectivity index (χ2v) is 6.79. The van der Waals surface area contributed by atoms with Gasteiger partial charge in [0.2, 0.25) is 0 Å². The number of rotatable bonds is 3. The van der Waals surface area contributed by atoms with Crippen LogP contribution in [0.3, 0.4) is 0 Å². The molecule has 1 unspecified atom stereocenters. The first kappa shape index (κ1) is 17.8. The summed E-state index contributed by atoms with van der Waals surface area (Å²) in [5.41, 5.74) is 1.93. The van der Waals surface area contributed by atoms with E-state index in [0.29, 0.717) is 16.4 Å². The fourth-order valence-corrected chi connectivity index (χ4v) is 3.21. The Balaban J connectivity index is 2.23. The molecule has 0 radical (unpaired) electrons. The summed E-state index contributed by atoms with van der Waals surface area (Å²) in [6.45, 7) is 1.36. The molecule has 1 N–H and O–H groups in total. The van der Waals surface area contributed by atoms with Crippen molar-refractivity contribution in [3.8, 4) is 0 Å². The Morgan fingerprint density at radius 1 is 1.08 bits per heavy atom. The average Bonchev–Trinajstić information content (AvgIpc) is 2.50. The van der Waals surface area contributed by atoms with Gasteiger partial charge in [-0.15, -0.1) is 9.24 Å². The number of halogens is 3. The Morgan fingerprint density at radius 3 is 2.36 bits per heavy atom. The molecule has 0 saturated heterocycles. The van der Waals surface area contributed by atoms with Crippen molar-refractivity contribution >= 4 is 20.1 Å². The quantitative estimate of drug-likeness (QED) is 0.577. The lowest BCUT2D eigenvalue weighted by molar-refractivity contribution is 0.407. The van der Waals surface area contributed by atoms with Crippen LogP contribution in [0.4, 0.5) is 13.2 Å². The molecule has 2 aromatic carbocycles. The number of hydrogen-bond donors (Lipinski definition) is 1. The zero-order valence-electron chi connectivity index (χ0n) is 13.7. The minimum absolute atomic E-state index is 0.0911. The second kappa shape index (κ2) is 7.05. The van der Waals surface area contributed by atoms with Crippen molar-refractivity contribution in [2.24, 2.45) is 0 Å². The summed E-state index contributed by atoms with van der Waals surface area (Å²) in [6.07, 6.45) is 4.11. The van der Waals surface area contributed by atoms with Crippen LogP contribution in [-0.2, 0) is 0 Å². The van der Waals surface area contributed by atoms with Crippen molar-refractivity contribution < 1.29 is 18.3 Å². The summed E-state index contributed by atoms with van der Waals surface area (Å²) in [5, 5.41) is 10.9. The Bertz CT molecular complexity index is 894. The van der Waals surface area contributed by atoms with E-state index in [4.69, 9.17) is 0 Å². The predicted octanol–water partition coefficient (Wildman–Crippen LogP) is 5.34. The van der Waals surface area contributed by atoms with Gasteiger partial charge in [0, 0.05) is 11.1 Å². The molecule has 1 aliphatic rings. The highest BCUT2D eigenvalue weighted by molar-refractivity contribution is 7.27. The van der Waals surface area contributed by atoms with Crippen LogP contribution in [0.1, 0.15) is 36.0 Å². The standard InChI is InChI=1S/C20H18F3OP/c1-11-17(22)8-7-15(20(11)23)16(10-18(24)12-3-2-4-12)14-6-5-13(21)9-19(14)25/h5-10,24H,2-4,25H2,1H3/b16-10-. The lowest BCUT2D eigenvalue weighted by Gasteiger charge is -2.19. The van der Waals surface area contributed by atoms with Gasteiger partial charge in [-0.1, -0.05) is 6.07 Å². The van der Waals surface area contributed by atoms with E-state index >= 15 is 0 Å². The van der Waals surface area contributed by atoms with Crippen LogP contribution in [0.2, 0.25) is 0 Å². The van der Waals surface area contributed by atoms with Gasteiger partial charge >= 0.3 is 0 Å². The molecule has 1 atom stereocenters. The summed E-state index contributed by atoms with van der Waals surface area (Å²) in [6, 6.07) is 6.66. The molecule has 0 bridgehead atoms. The number of aliphatic hydroxyl groups excluding tert-OH is 1. The van der Waals surface area contributed by atoms with Gasteiger partial charge in [0.05, 0.1) is 0 Å². The number of hydrogen-bond acceptors (Lipinski definition) is 1. The summed E-state index contributed by atoms with van der Waals surface area (Å²) in [5.74, 6) is -1.64. The van der Waals surface area contributed by atoms with Crippen molar-refractivity contribution in [3.05, 3.63) is 81.9 Å². The maximum Gasteiger partial charge on any atom is 0.136 e. The van der Waals surface area contributed by atoms with Gasteiger partial charge in [-0.2, -0.15) is 0 Å². The lowest BCUT2D eigenvalue weighted by Crippen LogP contribution is -2.07. The number of allylic oxidation sites excluding steroid dienone is 2. The maximum absolute atomic E-state index is 14.7. The molecule has 130 valence electrons. The molecular weight excluding hydrogens is 344 g/mol. The maximum atomic E-state index is 14.7. The topological polar surface area (TPSA) is 20.2 Å². The summed E-state index contributed by atoms with van der Waals surface area (Å²) < 4.78 is 41.8. The first-order chi connectivity index (χ1) is 11.9. The van der Waals surface area contributed by atoms with Crippen LogP contribution < -0.4 is 5.30 Å². The van der Waals surface area contributed by atoms with Crippen LogP contribution in [0.25, 0.3) is 5.57 Å². The Morgan fingerprint density at radius 2 is 1.76 bits per heavy atom. The Labute approximate surface area is 147 Å². The molecular formula is C20H18F3OP.